The fraction of sp³-hybridized carbons (Fsp3) is 0.216. The number of rotatable bonds is 8. The summed E-state index contributed by atoms with van der Waals surface area (Å²) in [4.78, 5) is 48.4. The van der Waals surface area contributed by atoms with Crippen LogP contribution in [0.3, 0.4) is 0 Å². The Balaban J connectivity index is 0.000000174. The van der Waals surface area contributed by atoms with Crippen LogP contribution in [0.5, 0.6) is 11.5 Å². The molecule has 0 spiro atoms. The lowest BCUT2D eigenvalue weighted by atomic mass is 9.89. The van der Waals surface area contributed by atoms with Crippen LogP contribution >= 0.6 is 22.7 Å². The van der Waals surface area contributed by atoms with Gasteiger partial charge in [-0.15, -0.1) is 22.7 Å². The summed E-state index contributed by atoms with van der Waals surface area (Å²) in [5, 5.41) is 17.3. The Labute approximate surface area is 297 Å². The molecule has 1 fully saturated rings. The van der Waals surface area contributed by atoms with Crippen molar-refractivity contribution in [2.45, 2.75) is 31.7 Å². The van der Waals surface area contributed by atoms with Crippen LogP contribution in [-0.4, -0.2) is 66.9 Å². The van der Waals surface area contributed by atoms with Gasteiger partial charge in [0, 0.05) is 48.0 Å². The summed E-state index contributed by atoms with van der Waals surface area (Å²) >= 11 is 2.83. The van der Waals surface area contributed by atoms with Gasteiger partial charge in [-0.25, -0.2) is 19.9 Å². The van der Waals surface area contributed by atoms with E-state index in [0.29, 0.717) is 41.2 Å². The van der Waals surface area contributed by atoms with Crippen molar-refractivity contribution in [3.63, 3.8) is 0 Å². The first kappa shape index (κ1) is 34.3. The quantitative estimate of drug-likeness (QED) is 0.171. The van der Waals surface area contributed by atoms with Gasteiger partial charge in [-0.2, -0.15) is 0 Å². The number of hydrogen-bond donors (Lipinski definition) is 2. The topological polar surface area (TPSA) is 143 Å². The molecule has 2 amide bonds. The average Bonchev–Trinajstić information content (AvgIpc) is 3.88. The van der Waals surface area contributed by atoms with Crippen molar-refractivity contribution in [2.75, 3.05) is 20.2 Å². The minimum absolute atomic E-state index is 0.0346. The van der Waals surface area contributed by atoms with Gasteiger partial charge in [-0.3, -0.25) is 14.6 Å². The number of aromatic nitrogens is 5. The molecule has 50 heavy (non-hydrogen) atoms. The molecule has 7 rings (SSSR count). The number of thiazole rings is 2. The van der Waals surface area contributed by atoms with E-state index in [-0.39, 0.29) is 23.6 Å². The molecule has 0 bridgehead atoms. The molecule has 254 valence electrons. The summed E-state index contributed by atoms with van der Waals surface area (Å²) in [5.74, 6) is 1.79. The Bertz CT molecular complexity index is 2000. The Morgan fingerprint density at radius 3 is 2.18 bits per heavy atom. The predicted molar refractivity (Wildman–Crippen MR) is 193 cm³/mol. The summed E-state index contributed by atoms with van der Waals surface area (Å²) in [6, 6.07) is 22.2. The van der Waals surface area contributed by atoms with Gasteiger partial charge in [0.25, 0.3) is 11.8 Å². The first-order valence-electron chi connectivity index (χ1n) is 16.0. The molecule has 4 aromatic heterocycles. The second kappa shape index (κ2) is 16.2. The van der Waals surface area contributed by atoms with E-state index in [9.17, 15) is 14.7 Å². The lowest BCUT2D eigenvalue weighted by Crippen LogP contribution is -2.38. The monoisotopic (exact) mass is 705 g/mol. The molecule has 13 heteroatoms. The van der Waals surface area contributed by atoms with Crippen molar-refractivity contribution in [1.82, 2.24) is 35.1 Å². The lowest BCUT2D eigenvalue weighted by Gasteiger charge is -2.31. The van der Waals surface area contributed by atoms with Gasteiger partial charge in [0.15, 0.2) is 10.8 Å². The van der Waals surface area contributed by atoms with Gasteiger partial charge in [0.2, 0.25) is 0 Å². The number of likely N-dealkylation sites (tertiary alicyclic amines) is 1. The third-order valence-corrected chi connectivity index (χ3v) is 9.91. The van der Waals surface area contributed by atoms with E-state index < -0.39 is 0 Å². The minimum atomic E-state index is -0.204. The van der Waals surface area contributed by atoms with Gasteiger partial charge >= 0.3 is 0 Å². The lowest BCUT2D eigenvalue weighted by molar-refractivity contribution is 0.0707. The van der Waals surface area contributed by atoms with E-state index in [2.05, 4.69) is 30.2 Å². The number of nitrogens with one attached hydrogen (secondary N) is 1. The van der Waals surface area contributed by atoms with Crippen LogP contribution < -0.4 is 10.1 Å². The predicted octanol–water partition coefficient (Wildman–Crippen LogP) is 7.03. The van der Waals surface area contributed by atoms with Crippen molar-refractivity contribution in [3.05, 3.63) is 125 Å². The number of phenols is 1. The third kappa shape index (κ3) is 8.54. The van der Waals surface area contributed by atoms with E-state index in [1.165, 1.54) is 28.2 Å². The molecule has 11 nitrogen and oxygen atoms in total. The third-order valence-electron chi connectivity index (χ3n) is 8.18. The summed E-state index contributed by atoms with van der Waals surface area (Å²) in [7, 11) is 1.63. The maximum atomic E-state index is 12.7. The Hall–Kier alpha value is -5.53. The van der Waals surface area contributed by atoms with Crippen molar-refractivity contribution >= 4 is 34.5 Å². The second-order valence-corrected chi connectivity index (χ2v) is 13.2. The first-order valence-corrected chi connectivity index (χ1v) is 17.8. The molecule has 1 aliphatic heterocycles. The Morgan fingerprint density at radius 1 is 0.840 bits per heavy atom. The van der Waals surface area contributed by atoms with Gasteiger partial charge in [0.1, 0.15) is 27.9 Å². The van der Waals surface area contributed by atoms with Gasteiger partial charge < -0.3 is 20.1 Å². The van der Waals surface area contributed by atoms with E-state index in [1.54, 1.807) is 54.7 Å². The summed E-state index contributed by atoms with van der Waals surface area (Å²) in [5.41, 5.74) is 3.86. The van der Waals surface area contributed by atoms with Crippen LogP contribution in [0, 0.1) is 0 Å². The molecule has 1 atom stereocenters. The number of hydrogen-bond acceptors (Lipinski definition) is 11. The van der Waals surface area contributed by atoms with Crippen LogP contribution in [0.1, 0.15) is 64.0 Å². The molecule has 0 aliphatic carbocycles. The summed E-state index contributed by atoms with van der Waals surface area (Å²) < 4.78 is 5.15. The van der Waals surface area contributed by atoms with Gasteiger partial charge in [-0.1, -0.05) is 18.2 Å². The highest BCUT2D eigenvalue weighted by molar-refractivity contribution is 7.13. The largest absolute Gasteiger partial charge is 0.508 e. The first-order chi connectivity index (χ1) is 24.4. The fourth-order valence-electron chi connectivity index (χ4n) is 5.43. The molecule has 6 aromatic rings. The number of benzene rings is 2. The Morgan fingerprint density at radius 2 is 1.50 bits per heavy atom. The number of amides is 2. The highest BCUT2D eigenvalue weighted by Gasteiger charge is 2.26. The molecule has 2 aromatic carbocycles. The number of carbonyl (C=O) groups is 2. The Kier molecular flexibility index (Phi) is 11.2. The molecular weight excluding hydrogens is 671 g/mol. The minimum Gasteiger partial charge on any atom is -0.508 e. The van der Waals surface area contributed by atoms with Crippen LogP contribution in [0.25, 0.3) is 21.4 Å². The fourth-order valence-corrected chi connectivity index (χ4v) is 6.97. The van der Waals surface area contributed by atoms with Crippen LogP contribution in [-0.2, 0) is 0 Å². The summed E-state index contributed by atoms with van der Waals surface area (Å²) in [6.45, 7) is 3.31. The molecular formula is C37H35N7O4S2. The second-order valence-electron chi connectivity index (χ2n) is 11.5. The standard InChI is InChI=1S/C19H18N4O2S.C18H17N3O2S/c24-15-4-2-13(3-5-15)14-6-10-23(11-7-14)19(25)16-12-26-18(22-16)17-20-8-1-9-21-17;1-12(15-5-3-4-10-19-15)20-17(22)16-11-24-18(21-16)13-6-8-14(23-2)9-7-13/h1-5,8-9,12,14,24H,6-7,10-11H2;3-12H,1-2H3,(H,20,22). The van der Waals surface area contributed by atoms with Crippen LogP contribution in [0.15, 0.2) is 102 Å². The molecule has 1 unspecified atom stereocenters. The maximum Gasteiger partial charge on any atom is 0.273 e. The van der Waals surface area contributed by atoms with Crippen molar-refractivity contribution in [2.24, 2.45) is 0 Å². The number of pyridine rings is 1. The van der Waals surface area contributed by atoms with E-state index in [0.717, 1.165) is 34.9 Å². The number of methoxy groups -OCH3 is 1. The molecule has 0 saturated carbocycles. The molecule has 1 aliphatic rings. The molecule has 0 radical (unpaired) electrons. The normalized spacial score (nSPS) is 13.5. The number of aromatic hydroxyl groups is 1. The zero-order chi connectivity index (χ0) is 34.9. The molecule has 5 heterocycles. The van der Waals surface area contributed by atoms with Crippen molar-refractivity contribution < 1.29 is 19.4 Å². The summed E-state index contributed by atoms with van der Waals surface area (Å²) in [6.07, 6.45) is 6.87. The van der Waals surface area contributed by atoms with Gasteiger partial charge in [-0.05, 0) is 85.8 Å². The van der Waals surface area contributed by atoms with E-state index in [4.69, 9.17) is 4.74 Å². The zero-order valence-electron chi connectivity index (χ0n) is 27.5. The highest BCUT2D eigenvalue weighted by atomic mass is 32.1. The highest BCUT2D eigenvalue weighted by Crippen LogP contribution is 2.30. The smallest absolute Gasteiger partial charge is 0.273 e. The number of ether oxygens (including phenoxy) is 1. The molecule has 2 N–H and O–H groups in total. The maximum absolute atomic E-state index is 12.7. The van der Waals surface area contributed by atoms with E-state index >= 15 is 0 Å². The van der Waals surface area contributed by atoms with Crippen molar-refractivity contribution in [1.29, 1.82) is 0 Å². The van der Waals surface area contributed by atoms with Crippen LogP contribution in [0.4, 0.5) is 0 Å². The van der Waals surface area contributed by atoms with Crippen molar-refractivity contribution in [3.8, 4) is 32.9 Å². The number of phenolic OH excluding ortho intramolecular Hbond substituents is 1. The number of carbonyl (C=O) groups excluding carboxylic acids is 2. The van der Waals surface area contributed by atoms with Crippen LogP contribution in [0.2, 0.25) is 0 Å². The van der Waals surface area contributed by atoms with Gasteiger partial charge in [0.05, 0.1) is 18.8 Å². The average molecular weight is 706 g/mol. The SMILES string of the molecule is COc1ccc(-c2nc(C(=O)NC(C)c3ccccn3)cs2)cc1.O=C(c1csc(-c2ncccn2)n1)N1CCC(c2ccc(O)cc2)CC1. The zero-order valence-corrected chi connectivity index (χ0v) is 29.1. The number of nitrogens with zero attached hydrogens (tertiary/aromatic N) is 6. The number of piperidine rings is 1. The molecule has 1 saturated heterocycles. The van der Waals surface area contributed by atoms with E-state index in [1.807, 2.05) is 66.4 Å².